The molecular formula is C20H26F4N2O5. The van der Waals surface area contributed by atoms with Crippen LogP contribution in [0.25, 0.3) is 0 Å². The van der Waals surface area contributed by atoms with Gasteiger partial charge >= 0.3 is 12.1 Å². The van der Waals surface area contributed by atoms with E-state index in [1.807, 2.05) is 0 Å². The summed E-state index contributed by atoms with van der Waals surface area (Å²) in [4.78, 5) is 27.0. The Balaban J connectivity index is 0.000000423. The standard InChI is InChI=1S/C18H25FN2O3.C2HF3O2/c1-12(2)10-23-11-13-3-4-16-17(24-13)6-8-21(16)18(22)14-5-7-20-9-15(14)19;3-2(4,5)1(6)7/h5,7,9,12-13,16-17H,3-4,6,8,10-11H2,1-2H3;(H,6,7)/t13-,16-,17-;/m0./s1. The molecule has 11 heteroatoms. The van der Waals surface area contributed by atoms with E-state index in [0.717, 1.165) is 32.1 Å². The van der Waals surface area contributed by atoms with Gasteiger partial charge in [0, 0.05) is 19.3 Å². The number of carboxylic acids is 1. The molecule has 2 fully saturated rings. The van der Waals surface area contributed by atoms with Gasteiger partial charge in [-0.15, -0.1) is 0 Å². The number of alkyl halides is 3. The molecule has 0 bridgehead atoms. The van der Waals surface area contributed by atoms with Crippen LogP contribution in [0.3, 0.4) is 0 Å². The Bertz CT molecular complexity index is 759. The number of halogens is 4. The average Bonchev–Trinajstić information content (AvgIpc) is 3.10. The highest BCUT2D eigenvalue weighted by Crippen LogP contribution is 2.32. The number of hydrogen-bond acceptors (Lipinski definition) is 5. The Morgan fingerprint density at radius 3 is 2.58 bits per heavy atom. The summed E-state index contributed by atoms with van der Waals surface area (Å²) in [5, 5.41) is 7.12. The molecule has 3 atom stereocenters. The van der Waals surface area contributed by atoms with E-state index in [1.54, 1.807) is 4.90 Å². The number of carbonyl (C=O) groups is 2. The van der Waals surface area contributed by atoms with E-state index in [1.165, 1.54) is 12.3 Å². The van der Waals surface area contributed by atoms with Crippen molar-refractivity contribution in [3.63, 3.8) is 0 Å². The van der Waals surface area contributed by atoms with Crippen LogP contribution in [-0.2, 0) is 14.3 Å². The molecule has 0 spiro atoms. The van der Waals surface area contributed by atoms with Crippen molar-refractivity contribution in [1.29, 1.82) is 0 Å². The van der Waals surface area contributed by atoms with E-state index in [9.17, 15) is 22.4 Å². The maximum Gasteiger partial charge on any atom is 0.490 e. The predicted molar refractivity (Wildman–Crippen MR) is 101 cm³/mol. The van der Waals surface area contributed by atoms with Gasteiger partial charge in [-0.05, 0) is 31.2 Å². The third kappa shape index (κ3) is 7.13. The molecule has 0 radical (unpaired) electrons. The molecule has 1 N–H and O–H groups in total. The first-order chi connectivity index (χ1) is 14.5. The lowest BCUT2D eigenvalue weighted by Gasteiger charge is -2.36. The second-order valence-corrected chi connectivity index (χ2v) is 7.82. The largest absolute Gasteiger partial charge is 0.490 e. The first-order valence-electron chi connectivity index (χ1n) is 9.94. The molecule has 1 aromatic heterocycles. The van der Waals surface area contributed by atoms with Gasteiger partial charge in [-0.2, -0.15) is 13.2 Å². The van der Waals surface area contributed by atoms with E-state index < -0.39 is 18.0 Å². The molecule has 7 nitrogen and oxygen atoms in total. The van der Waals surface area contributed by atoms with Crippen molar-refractivity contribution in [2.75, 3.05) is 19.8 Å². The maximum absolute atomic E-state index is 13.8. The first kappa shape index (κ1) is 25.0. The molecule has 0 unspecified atom stereocenters. The number of pyridine rings is 1. The molecule has 2 aliphatic heterocycles. The number of fused-ring (bicyclic) bond motifs is 1. The fraction of sp³-hybridized carbons (Fsp3) is 0.650. The van der Waals surface area contributed by atoms with Gasteiger partial charge in [-0.25, -0.2) is 9.18 Å². The highest BCUT2D eigenvalue weighted by atomic mass is 19.4. The highest BCUT2D eigenvalue weighted by molar-refractivity contribution is 5.94. The van der Waals surface area contributed by atoms with Crippen LogP contribution >= 0.6 is 0 Å². The van der Waals surface area contributed by atoms with Gasteiger partial charge in [0.2, 0.25) is 0 Å². The van der Waals surface area contributed by atoms with Crippen LogP contribution in [0.2, 0.25) is 0 Å². The summed E-state index contributed by atoms with van der Waals surface area (Å²) in [6, 6.07) is 1.48. The number of likely N-dealkylation sites (tertiary alicyclic amines) is 1. The number of nitrogens with zero attached hydrogens (tertiary/aromatic N) is 2. The molecule has 0 saturated carbocycles. The van der Waals surface area contributed by atoms with Crippen molar-refractivity contribution < 1.29 is 41.7 Å². The van der Waals surface area contributed by atoms with Crippen LogP contribution in [0.15, 0.2) is 18.5 Å². The summed E-state index contributed by atoms with van der Waals surface area (Å²) in [6.07, 6.45) is 0.103. The second-order valence-electron chi connectivity index (χ2n) is 7.82. The number of hydrogen-bond donors (Lipinski definition) is 1. The molecule has 3 heterocycles. The fourth-order valence-corrected chi connectivity index (χ4v) is 3.51. The maximum atomic E-state index is 13.8. The summed E-state index contributed by atoms with van der Waals surface area (Å²) < 4.78 is 57.4. The highest BCUT2D eigenvalue weighted by Gasteiger charge is 2.42. The molecule has 31 heavy (non-hydrogen) atoms. The van der Waals surface area contributed by atoms with Gasteiger partial charge in [0.1, 0.15) is 0 Å². The molecule has 1 aromatic rings. The molecule has 3 rings (SSSR count). The average molecular weight is 450 g/mol. The monoisotopic (exact) mass is 450 g/mol. The molecular weight excluding hydrogens is 424 g/mol. The minimum atomic E-state index is -5.08. The van der Waals surface area contributed by atoms with Crippen molar-refractivity contribution in [2.45, 2.75) is 57.5 Å². The second kappa shape index (κ2) is 10.9. The minimum absolute atomic E-state index is 0.0280. The zero-order valence-electron chi connectivity index (χ0n) is 17.3. The lowest BCUT2D eigenvalue weighted by Crippen LogP contribution is -2.46. The fourth-order valence-electron chi connectivity index (χ4n) is 3.51. The zero-order valence-corrected chi connectivity index (χ0v) is 17.3. The quantitative estimate of drug-likeness (QED) is 0.693. The molecule has 2 saturated heterocycles. The van der Waals surface area contributed by atoms with E-state index in [0.29, 0.717) is 19.1 Å². The van der Waals surface area contributed by atoms with Gasteiger partial charge in [0.05, 0.1) is 36.6 Å². The number of aromatic nitrogens is 1. The van der Waals surface area contributed by atoms with Crippen molar-refractivity contribution in [3.8, 4) is 0 Å². The molecule has 0 aliphatic carbocycles. The van der Waals surface area contributed by atoms with Gasteiger partial charge < -0.3 is 19.5 Å². The van der Waals surface area contributed by atoms with Gasteiger partial charge in [-0.1, -0.05) is 13.8 Å². The van der Waals surface area contributed by atoms with E-state index in [2.05, 4.69) is 18.8 Å². The lowest BCUT2D eigenvalue weighted by molar-refractivity contribution is -0.192. The summed E-state index contributed by atoms with van der Waals surface area (Å²) >= 11 is 0. The van der Waals surface area contributed by atoms with Crippen LogP contribution in [0, 0.1) is 11.7 Å². The van der Waals surface area contributed by atoms with Gasteiger partial charge in [0.25, 0.3) is 5.91 Å². The van der Waals surface area contributed by atoms with Crippen LogP contribution in [-0.4, -0.2) is 71.1 Å². The molecule has 1 amide bonds. The van der Waals surface area contributed by atoms with Gasteiger partial charge in [0.15, 0.2) is 5.82 Å². The predicted octanol–water partition coefficient (Wildman–Crippen LogP) is 3.29. The summed E-state index contributed by atoms with van der Waals surface area (Å²) in [5.74, 6) is -3.08. The normalized spacial score (nSPS) is 23.2. The number of rotatable bonds is 5. The topological polar surface area (TPSA) is 89.0 Å². The van der Waals surface area contributed by atoms with Crippen molar-refractivity contribution in [1.82, 2.24) is 9.88 Å². The number of carboxylic acid groups (broad SMARTS) is 1. The lowest BCUT2D eigenvalue weighted by atomic mass is 9.99. The van der Waals surface area contributed by atoms with Crippen molar-refractivity contribution >= 4 is 11.9 Å². The Labute approximate surface area is 177 Å². The van der Waals surface area contributed by atoms with Gasteiger partial charge in [-0.3, -0.25) is 9.78 Å². The van der Waals surface area contributed by atoms with Crippen LogP contribution < -0.4 is 0 Å². The summed E-state index contributed by atoms with van der Waals surface area (Å²) in [7, 11) is 0. The van der Waals surface area contributed by atoms with Crippen LogP contribution in [0.1, 0.15) is 43.5 Å². The van der Waals surface area contributed by atoms with E-state index in [-0.39, 0.29) is 29.7 Å². The Hall–Kier alpha value is -2.27. The number of aliphatic carboxylic acids is 1. The first-order valence-corrected chi connectivity index (χ1v) is 9.94. The Kier molecular flexibility index (Phi) is 8.75. The van der Waals surface area contributed by atoms with Crippen LogP contribution in [0.5, 0.6) is 0 Å². The van der Waals surface area contributed by atoms with E-state index in [4.69, 9.17) is 19.4 Å². The smallest absolute Gasteiger partial charge is 0.475 e. The summed E-state index contributed by atoms with van der Waals surface area (Å²) in [6.45, 7) is 6.19. The zero-order chi connectivity index (χ0) is 23.2. The minimum Gasteiger partial charge on any atom is -0.475 e. The number of carbonyl (C=O) groups excluding carboxylic acids is 1. The van der Waals surface area contributed by atoms with Crippen molar-refractivity contribution in [3.05, 3.63) is 29.8 Å². The third-order valence-corrected chi connectivity index (χ3v) is 4.90. The van der Waals surface area contributed by atoms with E-state index >= 15 is 0 Å². The molecule has 0 aromatic carbocycles. The van der Waals surface area contributed by atoms with Crippen LogP contribution in [0.4, 0.5) is 17.6 Å². The molecule has 174 valence electrons. The Morgan fingerprint density at radius 2 is 2.00 bits per heavy atom. The number of ether oxygens (including phenoxy) is 2. The Morgan fingerprint density at radius 1 is 1.32 bits per heavy atom. The number of amides is 1. The summed E-state index contributed by atoms with van der Waals surface area (Å²) in [5.41, 5.74) is 0.0908. The molecule has 2 aliphatic rings. The van der Waals surface area contributed by atoms with Crippen molar-refractivity contribution in [2.24, 2.45) is 5.92 Å². The SMILES string of the molecule is CC(C)COC[C@@H]1CC[C@H]2[C@H](CCN2C(=O)c2ccncc2F)O1.O=C(O)C(F)(F)F. The third-order valence-electron chi connectivity index (χ3n) is 4.90.